The zero-order valence-corrected chi connectivity index (χ0v) is 9.57. The Morgan fingerprint density at radius 3 is 2.76 bits per heavy atom. The van der Waals surface area contributed by atoms with Gasteiger partial charge in [-0.1, -0.05) is 6.07 Å². The molecule has 2 aliphatic carbocycles. The molecule has 4 heteroatoms. The third kappa shape index (κ3) is 1.30. The van der Waals surface area contributed by atoms with E-state index in [4.69, 9.17) is 5.73 Å². The van der Waals surface area contributed by atoms with Crippen LogP contribution >= 0.6 is 0 Å². The molecule has 2 fully saturated rings. The van der Waals surface area contributed by atoms with Crippen LogP contribution < -0.4 is 11.4 Å². The standard InChI is InChI=1S/C13H15N3O/c14-13(5-6-13)8-1-4-11-10(7-8)15-12(17)16(11)9-2-3-9/h1,4,7,9H,2-3,5-6,14H2,(H,15,17). The van der Waals surface area contributed by atoms with E-state index in [1.54, 1.807) is 0 Å². The van der Waals surface area contributed by atoms with Gasteiger partial charge in [0.2, 0.25) is 0 Å². The normalized spacial score (nSPS) is 21.9. The van der Waals surface area contributed by atoms with Gasteiger partial charge in [-0.3, -0.25) is 4.57 Å². The Bertz CT molecular complexity index is 659. The van der Waals surface area contributed by atoms with Gasteiger partial charge < -0.3 is 10.7 Å². The van der Waals surface area contributed by atoms with Crippen LogP contribution in [0.15, 0.2) is 23.0 Å². The van der Waals surface area contributed by atoms with Gasteiger partial charge in [0.1, 0.15) is 0 Å². The van der Waals surface area contributed by atoms with Gasteiger partial charge in [-0.2, -0.15) is 0 Å². The minimum atomic E-state index is -0.132. The predicted molar refractivity (Wildman–Crippen MR) is 65.9 cm³/mol. The van der Waals surface area contributed by atoms with Crippen molar-refractivity contribution in [1.29, 1.82) is 0 Å². The van der Waals surface area contributed by atoms with E-state index in [1.165, 1.54) is 0 Å². The van der Waals surface area contributed by atoms with E-state index in [9.17, 15) is 4.79 Å². The van der Waals surface area contributed by atoms with E-state index in [0.29, 0.717) is 6.04 Å². The number of nitrogens with two attached hydrogens (primary N) is 1. The number of H-pyrrole nitrogens is 1. The summed E-state index contributed by atoms with van der Waals surface area (Å²) in [4.78, 5) is 14.8. The summed E-state index contributed by atoms with van der Waals surface area (Å²) in [5.74, 6) is 0. The van der Waals surface area contributed by atoms with Gasteiger partial charge >= 0.3 is 5.69 Å². The van der Waals surface area contributed by atoms with Crippen LogP contribution in [0.5, 0.6) is 0 Å². The Morgan fingerprint density at radius 2 is 2.12 bits per heavy atom. The van der Waals surface area contributed by atoms with E-state index in [-0.39, 0.29) is 11.2 Å². The molecule has 4 nitrogen and oxygen atoms in total. The molecule has 2 saturated carbocycles. The molecule has 1 heterocycles. The summed E-state index contributed by atoms with van der Waals surface area (Å²) in [6.07, 6.45) is 4.34. The lowest BCUT2D eigenvalue weighted by Gasteiger charge is -2.09. The molecular weight excluding hydrogens is 214 g/mol. The van der Waals surface area contributed by atoms with E-state index in [2.05, 4.69) is 11.1 Å². The second-order valence-corrected chi connectivity index (χ2v) is 5.42. The Hall–Kier alpha value is -1.55. The number of rotatable bonds is 2. The third-order valence-corrected chi connectivity index (χ3v) is 3.99. The SMILES string of the molecule is NC1(c2ccc3c(c2)[nH]c(=O)n3C2CC2)CC1. The predicted octanol–water partition coefficient (Wildman–Crippen LogP) is 1.61. The fourth-order valence-corrected chi connectivity index (χ4v) is 2.56. The third-order valence-electron chi connectivity index (χ3n) is 3.99. The number of nitrogens with zero attached hydrogens (tertiary/aromatic N) is 1. The molecule has 0 saturated heterocycles. The Labute approximate surface area is 98.4 Å². The van der Waals surface area contributed by atoms with E-state index in [0.717, 1.165) is 42.3 Å². The van der Waals surface area contributed by atoms with Crippen LogP contribution in [-0.4, -0.2) is 9.55 Å². The number of hydrogen-bond donors (Lipinski definition) is 2. The van der Waals surface area contributed by atoms with Crippen molar-refractivity contribution in [1.82, 2.24) is 9.55 Å². The van der Waals surface area contributed by atoms with Crippen LogP contribution in [0.4, 0.5) is 0 Å². The number of aromatic amines is 1. The fourth-order valence-electron chi connectivity index (χ4n) is 2.56. The number of benzene rings is 1. The number of aromatic nitrogens is 2. The van der Waals surface area contributed by atoms with Crippen molar-refractivity contribution in [3.05, 3.63) is 34.2 Å². The van der Waals surface area contributed by atoms with E-state index >= 15 is 0 Å². The summed E-state index contributed by atoms with van der Waals surface area (Å²) in [5.41, 5.74) is 9.15. The van der Waals surface area contributed by atoms with Gasteiger partial charge in [-0.05, 0) is 43.4 Å². The highest BCUT2D eigenvalue weighted by atomic mass is 16.1. The lowest BCUT2D eigenvalue weighted by molar-refractivity contribution is 0.731. The first-order chi connectivity index (χ1) is 8.17. The zero-order chi connectivity index (χ0) is 11.6. The maximum absolute atomic E-state index is 11.9. The molecule has 0 amide bonds. The van der Waals surface area contributed by atoms with Gasteiger partial charge in [0, 0.05) is 11.6 Å². The monoisotopic (exact) mass is 229 g/mol. The number of imidazole rings is 1. The second-order valence-electron chi connectivity index (χ2n) is 5.42. The van der Waals surface area contributed by atoms with Gasteiger partial charge in [0.25, 0.3) is 0 Å². The first-order valence-corrected chi connectivity index (χ1v) is 6.21. The molecule has 1 aromatic carbocycles. The average molecular weight is 229 g/mol. The highest BCUT2D eigenvalue weighted by Gasteiger charge is 2.40. The van der Waals surface area contributed by atoms with Crippen LogP contribution in [-0.2, 0) is 5.54 Å². The Balaban J connectivity index is 1.94. The second kappa shape index (κ2) is 2.82. The molecule has 0 atom stereocenters. The van der Waals surface area contributed by atoms with Crippen molar-refractivity contribution < 1.29 is 0 Å². The van der Waals surface area contributed by atoms with Gasteiger partial charge in [-0.25, -0.2) is 4.79 Å². The summed E-state index contributed by atoms with van der Waals surface area (Å²) in [6.45, 7) is 0. The fraction of sp³-hybridized carbons (Fsp3) is 0.462. The smallest absolute Gasteiger partial charge is 0.321 e. The maximum atomic E-state index is 11.9. The van der Waals surface area contributed by atoms with E-state index in [1.807, 2.05) is 16.7 Å². The highest BCUT2D eigenvalue weighted by molar-refractivity contribution is 5.77. The number of hydrogen-bond acceptors (Lipinski definition) is 2. The van der Waals surface area contributed by atoms with Crippen LogP contribution in [0.2, 0.25) is 0 Å². The van der Waals surface area contributed by atoms with Crippen molar-refractivity contribution in [2.24, 2.45) is 5.73 Å². The molecule has 2 aliphatic rings. The molecule has 2 aromatic rings. The lowest BCUT2D eigenvalue weighted by Crippen LogP contribution is -2.18. The number of fused-ring (bicyclic) bond motifs is 1. The van der Waals surface area contributed by atoms with Crippen molar-refractivity contribution in [3.63, 3.8) is 0 Å². The summed E-state index contributed by atoms with van der Waals surface area (Å²) in [7, 11) is 0. The Kier molecular flexibility index (Phi) is 1.57. The zero-order valence-electron chi connectivity index (χ0n) is 9.57. The number of nitrogens with one attached hydrogen (secondary N) is 1. The van der Waals surface area contributed by atoms with E-state index < -0.39 is 0 Å². The molecule has 88 valence electrons. The highest BCUT2D eigenvalue weighted by Crippen LogP contribution is 2.43. The molecule has 0 radical (unpaired) electrons. The largest absolute Gasteiger partial charge is 0.326 e. The molecule has 0 unspecified atom stereocenters. The van der Waals surface area contributed by atoms with Crippen molar-refractivity contribution in [2.45, 2.75) is 37.3 Å². The van der Waals surface area contributed by atoms with Crippen LogP contribution in [0, 0.1) is 0 Å². The summed E-state index contributed by atoms with van der Waals surface area (Å²) >= 11 is 0. The summed E-state index contributed by atoms with van der Waals surface area (Å²) < 4.78 is 1.88. The van der Waals surface area contributed by atoms with Crippen LogP contribution in [0.1, 0.15) is 37.3 Å². The molecule has 3 N–H and O–H groups in total. The van der Waals surface area contributed by atoms with Crippen LogP contribution in [0.3, 0.4) is 0 Å². The molecule has 4 rings (SSSR count). The molecule has 0 bridgehead atoms. The molecular formula is C13H15N3O. The minimum absolute atomic E-state index is 0.0153. The van der Waals surface area contributed by atoms with Crippen LogP contribution in [0.25, 0.3) is 11.0 Å². The van der Waals surface area contributed by atoms with Crippen molar-refractivity contribution in [2.75, 3.05) is 0 Å². The van der Waals surface area contributed by atoms with Gasteiger partial charge in [0.05, 0.1) is 11.0 Å². The summed E-state index contributed by atoms with van der Waals surface area (Å²) in [5, 5.41) is 0. The minimum Gasteiger partial charge on any atom is -0.321 e. The molecule has 17 heavy (non-hydrogen) atoms. The summed E-state index contributed by atoms with van der Waals surface area (Å²) in [6, 6.07) is 6.56. The first kappa shape index (κ1) is 9.48. The molecule has 0 spiro atoms. The lowest BCUT2D eigenvalue weighted by atomic mass is 10.1. The van der Waals surface area contributed by atoms with Crippen molar-refractivity contribution >= 4 is 11.0 Å². The quantitative estimate of drug-likeness (QED) is 0.821. The Morgan fingerprint density at radius 1 is 1.35 bits per heavy atom. The van der Waals surface area contributed by atoms with Crippen molar-refractivity contribution in [3.8, 4) is 0 Å². The molecule has 0 aliphatic heterocycles. The molecule has 1 aromatic heterocycles. The average Bonchev–Trinajstić information content (AvgIpc) is 3.20. The van der Waals surface area contributed by atoms with Gasteiger partial charge in [-0.15, -0.1) is 0 Å². The van der Waals surface area contributed by atoms with Gasteiger partial charge in [0.15, 0.2) is 0 Å². The topological polar surface area (TPSA) is 63.8 Å². The first-order valence-electron chi connectivity index (χ1n) is 6.21. The maximum Gasteiger partial charge on any atom is 0.326 e.